The minimum atomic E-state index is -0.464. The molecular weight excluding hydrogens is 392 g/mol. The molecule has 1 aliphatic carbocycles. The number of benzene rings is 1. The van der Waals surface area contributed by atoms with Gasteiger partial charge in [-0.2, -0.15) is 0 Å². The lowest BCUT2D eigenvalue weighted by Crippen LogP contribution is -2.27. The smallest absolute Gasteiger partial charge is 0.305 e. The van der Waals surface area contributed by atoms with Crippen LogP contribution >= 0.6 is 11.6 Å². The molecule has 0 aliphatic heterocycles. The summed E-state index contributed by atoms with van der Waals surface area (Å²) >= 11 is 6.49. The summed E-state index contributed by atoms with van der Waals surface area (Å²) in [6, 6.07) is 7.67. The third-order valence-electron chi connectivity index (χ3n) is 5.37. The minimum absolute atomic E-state index is 0.0150. The van der Waals surface area contributed by atoms with Crippen molar-refractivity contribution in [1.82, 2.24) is 0 Å². The maximum atomic E-state index is 11.3. The molecule has 29 heavy (non-hydrogen) atoms. The van der Waals surface area contributed by atoms with Crippen molar-refractivity contribution in [1.29, 1.82) is 0 Å². The van der Waals surface area contributed by atoms with Gasteiger partial charge in [-0.25, -0.2) is 0 Å². The van der Waals surface area contributed by atoms with Crippen molar-refractivity contribution in [3.63, 3.8) is 0 Å². The lowest BCUT2D eigenvalue weighted by atomic mass is 9.92. The number of carbonyl (C=O) groups excluding carboxylic acids is 1. The van der Waals surface area contributed by atoms with E-state index in [9.17, 15) is 9.90 Å². The third kappa shape index (κ3) is 8.00. The number of aliphatic hydroxyl groups excluding tert-OH is 2. The predicted octanol–water partition coefficient (Wildman–Crippen LogP) is 3.88. The molecule has 0 saturated heterocycles. The number of aliphatic hydroxyl groups is 2. The predicted molar refractivity (Wildman–Crippen MR) is 114 cm³/mol. The zero-order valence-electron chi connectivity index (χ0n) is 17.1. The monoisotopic (exact) mass is 424 g/mol. The minimum Gasteiger partial charge on any atom is -0.493 e. The van der Waals surface area contributed by atoms with E-state index in [2.05, 4.69) is 12.2 Å². The molecule has 0 amide bonds. The van der Waals surface area contributed by atoms with Crippen molar-refractivity contribution in [3.8, 4) is 5.75 Å². The number of hydrogen-bond acceptors (Lipinski definition) is 5. The molecule has 0 unspecified atom stereocenters. The molecule has 4 atom stereocenters. The van der Waals surface area contributed by atoms with Crippen LogP contribution in [0.3, 0.4) is 0 Å². The average Bonchev–Trinajstić information content (AvgIpc) is 2.97. The summed E-state index contributed by atoms with van der Waals surface area (Å²) in [6.07, 6.45) is 7.73. The van der Waals surface area contributed by atoms with E-state index in [1.165, 1.54) is 0 Å². The highest BCUT2D eigenvalue weighted by Gasteiger charge is 2.41. The standard InChI is InChI=1S/C23H33ClO5/c1-2-28-23(27)8-6-4-3-5-7-19-20(22(26)15-21(19)24)16-29-18-11-9-17(10-12-18)13-14-25/h3,5,9-12,19-22,25-26H,2,4,6-8,13-16H2,1H3/b5-3-/t19-,20-,21-,22-/m1/s1. The fourth-order valence-corrected chi connectivity index (χ4v) is 4.21. The topological polar surface area (TPSA) is 76.0 Å². The number of rotatable bonds is 12. The normalized spacial score (nSPS) is 24.1. The molecule has 1 fully saturated rings. The van der Waals surface area contributed by atoms with Gasteiger partial charge in [-0.05, 0) is 62.6 Å². The SMILES string of the molecule is CCOC(=O)CCC/C=C\C[C@@H]1[C@@H](COc2ccc(CCO)cc2)[C@H](O)C[C@H]1Cl. The second-order valence-corrected chi connectivity index (χ2v) is 8.04. The number of allylic oxidation sites excluding steroid dienone is 2. The second kappa shape index (κ2) is 12.9. The Hall–Kier alpha value is -1.56. The average molecular weight is 425 g/mol. The molecule has 6 heteroatoms. The van der Waals surface area contributed by atoms with Crippen molar-refractivity contribution < 1.29 is 24.5 Å². The Labute approximate surface area is 178 Å². The molecule has 2 rings (SSSR count). The van der Waals surface area contributed by atoms with Crippen molar-refractivity contribution in [3.05, 3.63) is 42.0 Å². The second-order valence-electron chi connectivity index (χ2n) is 7.48. The summed E-state index contributed by atoms with van der Waals surface area (Å²) in [6.45, 7) is 2.78. The number of hydrogen-bond donors (Lipinski definition) is 2. The molecule has 1 aromatic carbocycles. The molecule has 0 radical (unpaired) electrons. The van der Waals surface area contributed by atoms with Crippen LogP contribution in [0.4, 0.5) is 0 Å². The molecule has 0 bridgehead atoms. The molecule has 1 aliphatic rings. The molecule has 0 spiro atoms. The summed E-state index contributed by atoms with van der Waals surface area (Å²) in [5, 5.41) is 19.3. The summed E-state index contributed by atoms with van der Waals surface area (Å²) in [5.41, 5.74) is 1.06. The maximum Gasteiger partial charge on any atom is 0.305 e. The van der Waals surface area contributed by atoms with Gasteiger partial charge < -0.3 is 19.7 Å². The number of carbonyl (C=O) groups is 1. The van der Waals surface area contributed by atoms with Crippen LogP contribution in [0, 0.1) is 11.8 Å². The van der Waals surface area contributed by atoms with Crippen LogP contribution in [-0.2, 0) is 16.0 Å². The highest BCUT2D eigenvalue weighted by molar-refractivity contribution is 6.21. The zero-order chi connectivity index (χ0) is 21.1. The first-order valence-corrected chi connectivity index (χ1v) is 10.9. The quantitative estimate of drug-likeness (QED) is 0.230. The van der Waals surface area contributed by atoms with Gasteiger partial charge in [0.15, 0.2) is 0 Å². The van der Waals surface area contributed by atoms with Crippen molar-refractivity contribution >= 4 is 17.6 Å². The van der Waals surface area contributed by atoms with E-state index in [0.29, 0.717) is 32.5 Å². The van der Waals surface area contributed by atoms with Gasteiger partial charge >= 0.3 is 5.97 Å². The number of unbranched alkanes of at least 4 members (excludes halogenated alkanes) is 1. The molecule has 162 valence electrons. The van der Waals surface area contributed by atoms with E-state index in [-0.39, 0.29) is 29.8 Å². The van der Waals surface area contributed by atoms with Gasteiger partial charge in [0, 0.05) is 24.3 Å². The molecule has 2 N–H and O–H groups in total. The lowest BCUT2D eigenvalue weighted by molar-refractivity contribution is -0.143. The number of ether oxygens (including phenoxy) is 2. The fourth-order valence-electron chi connectivity index (χ4n) is 3.73. The van der Waals surface area contributed by atoms with Crippen molar-refractivity contribution in [2.45, 2.75) is 56.9 Å². The molecule has 0 aromatic heterocycles. The Morgan fingerprint density at radius 1 is 1.24 bits per heavy atom. The van der Waals surface area contributed by atoms with Gasteiger partial charge in [0.05, 0.1) is 19.3 Å². The third-order valence-corrected chi connectivity index (χ3v) is 5.88. The first-order valence-electron chi connectivity index (χ1n) is 10.5. The Kier molecular flexibility index (Phi) is 10.5. The summed E-state index contributed by atoms with van der Waals surface area (Å²) in [7, 11) is 0. The largest absolute Gasteiger partial charge is 0.493 e. The van der Waals surface area contributed by atoms with Crippen LogP contribution in [0.15, 0.2) is 36.4 Å². The fraction of sp³-hybridized carbons (Fsp3) is 0.609. The van der Waals surface area contributed by atoms with Gasteiger partial charge in [-0.15, -0.1) is 11.6 Å². The van der Waals surface area contributed by atoms with Crippen molar-refractivity contribution in [2.24, 2.45) is 11.8 Å². The van der Waals surface area contributed by atoms with Crippen LogP contribution in [0.5, 0.6) is 5.75 Å². The van der Waals surface area contributed by atoms with Crippen LogP contribution in [0.1, 0.15) is 44.6 Å². The number of esters is 1. The Bertz CT molecular complexity index is 631. The van der Waals surface area contributed by atoms with E-state index < -0.39 is 6.10 Å². The molecule has 5 nitrogen and oxygen atoms in total. The Morgan fingerprint density at radius 2 is 2.00 bits per heavy atom. The van der Waals surface area contributed by atoms with E-state index in [0.717, 1.165) is 30.6 Å². The van der Waals surface area contributed by atoms with Crippen LogP contribution < -0.4 is 4.74 Å². The van der Waals surface area contributed by atoms with E-state index >= 15 is 0 Å². The molecule has 1 saturated carbocycles. The van der Waals surface area contributed by atoms with Crippen LogP contribution in [0.25, 0.3) is 0 Å². The highest BCUT2D eigenvalue weighted by Crippen LogP contribution is 2.39. The molecule has 0 heterocycles. The summed E-state index contributed by atoms with van der Waals surface area (Å²) in [5.74, 6) is 0.743. The van der Waals surface area contributed by atoms with Gasteiger partial charge in [0.2, 0.25) is 0 Å². The Balaban J connectivity index is 1.78. The summed E-state index contributed by atoms with van der Waals surface area (Å²) in [4.78, 5) is 11.3. The van der Waals surface area contributed by atoms with Crippen LogP contribution in [0.2, 0.25) is 0 Å². The van der Waals surface area contributed by atoms with Crippen molar-refractivity contribution in [2.75, 3.05) is 19.8 Å². The van der Waals surface area contributed by atoms with E-state index in [4.69, 9.17) is 26.2 Å². The molecular formula is C23H33ClO5. The van der Waals surface area contributed by atoms with Gasteiger partial charge in [-0.3, -0.25) is 4.79 Å². The van der Waals surface area contributed by atoms with E-state index in [1.807, 2.05) is 31.2 Å². The zero-order valence-corrected chi connectivity index (χ0v) is 17.9. The first-order chi connectivity index (χ1) is 14.0. The highest BCUT2D eigenvalue weighted by atomic mass is 35.5. The van der Waals surface area contributed by atoms with E-state index in [1.54, 1.807) is 0 Å². The Morgan fingerprint density at radius 3 is 2.69 bits per heavy atom. The van der Waals surface area contributed by atoms with Crippen LogP contribution in [-0.4, -0.2) is 47.5 Å². The number of halogens is 1. The number of alkyl halides is 1. The maximum absolute atomic E-state index is 11.3. The first kappa shape index (κ1) is 23.7. The van der Waals surface area contributed by atoms with Gasteiger partial charge in [0.25, 0.3) is 0 Å². The molecule has 1 aromatic rings. The lowest BCUT2D eigenvalue weighted by Gasteiger charge is -2.22. The summed E-state index contributed by atoms with van der Waals surface area (Å²) < 4.78 is 10.8. The van der Waals surface area contributed by atoms with Gasteiger partial charge in [0.1, 0.15) is 5.75 Å². The van der Waals surface area contributed by atoms with Gasteiger partial charge in [-0.1, -0.05) is 24.3 Å².